The molecule has 0 aromatic heterocycles. The third-order valence-electron chi connectivity index (χ3n) is 2.75. The smallest absolute Gasteiger partial charge is 0.416 e. The predicted octanol–water partition coefficient (Wildman–Crippen LogP) is 5.10. The molecule has 2 aromatic rings. The van der Waals surface area contributed by atoms with Crippen molar-refractivity contribution < 1.29 is 31.1 Å². The van der Waals surface area contributed by atoms with E-state index in [-0.39, 0.29) is 17.2 Å². The highest BCUT2D eigenvalue weighted by Crippen LogP contribution is 2.36. The van der Waals surface area contributed by atoms with Gasteiger partial charge in [0.1, 0.15) is 11.5 Å². The van der Waals surface area contributed by atoms with Crippen LogP contribution >= 0.6 is 0 Å². The molecule has 0 aliphatic rings. The number of anilines is 1. The Morgan fingerprint density at radius 3 is 1.68 bits per heavy atom. The van der Waals surface area contributed by atoms with Crippen LogP contribution in [0.25, 0.3) is 0 Å². The standard InChI is InChI=1S/C14H9F6NO/c15-13(16,17)8-1-4-10(5-2-8)22-12-6-3-9(7-11(12)21)14(18,19)20/h1-7H,21H2. The van der Waals surface area contributed by atoms with Gasteiger partial charge in [0, 0.05) is 0 Å². The third kappa shape index (κ3) is 3.63. The monoisotopic (exact) mass is 321 g/mol. The zero-order valence-electron chi connectivity index (χ0n) is 10.8. The molecule has 2 nitrogen and oxygen atoms in total. The van der Waals surface area contributed by atoms with Crippen LogP contribution in [0.15, 0.2) is 42.5 Å². The molecule has 0 spiro atoms. The van der Waals surface area contributed by atoms with Gasteiger partial charge in [0.05, 0.1) is 16.8 Å². The van der Waals surface area contributed by atoms with Crippen molar-refractivity contribution in [1.29, 1.82) is 0 Å². The van der Waals surface area contributed by atoms with Crippen molar-refractivity contribution in [3.05, 3.63) is 53.6 Å². The van der Waals surface area contributed by atoms with E-state index in [0.29, 0.717) is 6.07 Å². The van der Waals surface area contributed by atoms with Gasteiger partial charge in [-0.15, -0.1) is 0 Å². The zero-order valence-corrected chi connectivity index (χ0v) is 10.8. The van der Waals surface area contributed by atoms with E-state index in [1.807, 2.05) is 0 Å². The van der Waals surface area contributed by atoms with Crippen LogP contribution in [-0.4, -0.2) is 0 Å². The molecule has 118 valence electrons. The van der Waals surface area contributed by atoms with E-state index in [9.17, 15) is 26.3 Å². The molecule has 0 aliphatic carbocycles. The second kappa shape index (κ2) is 5.43. The van der Waals surface area contributed by atoms with Crippen molar-refractivity contribution in [2.24, 2.45) is 0 Å². The van der Waals surface area contributed by atoms with Crippen molar-refractivity contribution in [2.45, 2.75) is 12.4 Å². The SMILES string of the molecule is Nc1cc(C(F)(F)F)ccc1Oc1ccc(C(F)(F)F)cc1. The van der Waals surface area contributed by atoms with Gasteiger partial charge in [0.25, 0.3) is 0 Å². The Morgan fingerprint density at radius 2 is 1.23 bits per heavy atom. The van der Waals surface area contributed by atoms with Gasteiger partial charge >= 0.3 is 12.4 Å². The molecule has 0 radical (unpaired) electrons. The lowest BCUT2D eigenvalue weighted by Gasteiger charge is -2.12. The van der Waals surface area contributed by atoms with Gasteiger partial charge in [0.15, 0.2) is 0 Å². The largest absolute Gasteiger partial charge is 0.455 e. The molecular formula is C14H9F6NO. The predicted molar refractivity (Wildman–Crippen MR) is 67.4 cm³/mol. The number of hydrogen-bond donors (Lipinski definition) is 1. The number of nitrogens with two attached hydrogens (primary N) is 1. The van der Waals surface area contributed by atoms with Crippen LogP contribution in [-0.2, 0) is 12.4 Å². The molecule has 22 heavy (non-hydrogen) atoms. The number of rotatable bonds is 2. The summed E-state index contributed by atoms with van der Waals surface area (Å²) in [7, 11) is 0. The minimum absolute atomic E-state index is 0.0273. The summed E-state index contributed by atoms with van der Waals surface area (Å²) in [6.45, 7) is 0. The fourth-order valence-corrected chi connectivity index (χ4v) is 1.66. The van der Waals surface area contributed by atoms with Gasteiger partial charge in [-0.25, -0.2) is 0 Å². The summed E-state index contributed by atoms with van der Waals surface area (Å²) in [5, 5.41) is 0. The van der Waals surface area contributed by atoms with Gasteiger partial charge in [-0.1, -0.05) is 0 Å². The van der Waals surface area contributed by atoms with Gasteiger partial charge in [0.2, 0.25) is 0 Å². The molecule has 2 rings (SSSR count). The minimum Gasteiger partial charge on any atom is -0.455 e. The molecule has 0 saturated carbocycles. The summed E-state index contributed by atoms with van der Waals surface area (Å²) in [6, 6.07) is 6.19. The first-order chi connectivity index (χ1) is 10.1. The van der Waals surface area contributed by atoms with Gasteiger partial charge in [-0.2, -0.15) is 26.3 Å². The summed E-state index contributed by atoms with van der Waals surface area (Å²) < 4.78 is 79.8. The highest BCUT2D eigenvalue weighted by atomic mass is 19.4. The fraction of sp³-hybridized carbons (Fsp3) is 0.143. The summed E-state index contributed by atoms with van der Waals surface area (Å²) in [6.07, 6.45) is -9.02. The molecule has 2 aromatic carbocycles. The van der Waals surface area contributed by atoms with Crippen molar-refractivity contribution in [3.8, 4) is 11.5 Å². The van der Waals surface area contributed by atoms with Crippen LogP contribution in [0.1, 0.15) is 11.1 Å². The maximum atomic E-state index is 12.5. The van der Waals surface area contributed by atoms with Crippen molar-refractivity contribution in [3.63, 3.8) is 0 Å². The number of halogens is 6. The van der Waals surface area contributed by atoms with Crippen LogP contribution in [0.2, 0.25) is 0 Å². The Kier molecular flexibility index (Phi) is 3.95. The Morgan fingerprint density at radius 1 is 0.727 bits per heavy atom. The van der Waals surface area contributed by atoms with Crippen molar-refractivity contribution in [1.82, 2.24) is 0 Å². The normalized spacial score (nSPS) is 12.3. The summed E-state index contributed by atoms with van der Waals surface area (Å²) >= 11 is 0. The lowest BCUT2D eigenvalue weighted by molar-refractivity contribution is -0.138. The second-order valence-corrected chi connectivity index (χ2v) is 4.37. The average molecular weight is 321 g/mol. The Labute approximate surface area is 121 Å². The first kappa shape index (κ1) is 16.0. The summed E-state index contributed by atoms with van der Waals surface area (Å²) in [5.41, 5.74) is 3.39. The average Bonchev–Trinajstić information content (AvgIpc) is 2.39. The number of benzene rings is 2. The molecule has 0 unspecified atom stereocenters. The molecule has 0 amide bonds. The number of alkyl halides is 6. The van der Waals surface area contributed by atoms with E-state index in [1.54, 1.807) is 0 Å². The second-order valence-electron chi connectivity index (χ2n) is 4.37. The molecule has 2 N–H and O–H groups in total. The first-order valence-electron chi connectivity index (χ1n) is 5.89. The third-order valence-corrected chi connectivity index (χ3v) is 2.75. The van der Waals surface area contributed by atoms with E-state index in [4.69, 9.17) is 10.5 Å². The van der Waals surface area contributed by atoms with E-state index in [1.165, 1.54) is 0 Å². The van der Waals surface area contributed by atoms with Crippen LogP contribution in [0.4, 0.5) is 32.0 Å². The molecule has 0 saturated heterocycles. The first-order valence-corrected chi connectivity index (χ1v) is 5.89. The van der Waals surface area contributed by atoms with E-state index in [2.05, 4.69) is 0 Å². The minimum atomic E-state index is -4.54. The van der Waals surface area contributed by atoms with Gasteiger partial charge in [-0.3, -0.25) is 0 Å². The molecule has 8 heteroatoms. The Balaban J connectivity index is 2.21. The van der Waals surface area contributed by atoms with E-state index in [0.717, 1.165) is 36.4 Å². The van der Waals surface area contributed by atoms with Gasteiger partial charge < -0.3 is 10.5 Å². The van der Waals surface area contributed by atoms with Crippen LogP contribution in [0, 0.1) is 0 Å². The number of ether oxygens (including phenoxy) is 1. The van der Waals surface area contributed by atoms with E-state index >= 15 is 0 Å². The fourth-order valence-electron chi connectivity index (χ4n) is 1.66. The molecule has 0 atom stereocenters. The number of nitrogen functional groups attached to an aromatic ring is 1. The Hall–Kier alpha value is -2.38. The lowest BCUT2D eigenvalue weighted by atomic mass is 10.2. The Bertz CT molecular complexity index is 661. The van der Waals surface area contributed by atoms with Crippen LogP contribution in [0.3, 0.4) is 0 Å². The molecule has 0 fully saturated rings. The summed E-state index contributed by atoms with van der Waals surface area (Å²) in [5.74, 6) is -0.0489. The van der Waals surface area contributed by atoms with Crippen LogP contribution in [0.5, 0.6) is 11.5 Å². The molecule has 0 heterocycles. The quantitative estimate of drug-likeness (QED) is 0.617. The molecular weight excluding hydrogens is 312 g/mol. The summed E-state index contributed by atoms with van der Waals surface area (Å²) in [4.78, 5) is 0. The van der Waals surface area contributed by atoms with Gasteiger partial charge in [-0.05, 0) is 42.5 Å². The van der Waals surface area contributed by atoms with Crippen LogP contribution < -0.4 is 10.5 Å². The lowest BCUT2D eigenvalue weighted by Crippen LogP contribution is -2.06. The number of hydrogen-bond acceptors (Lipinski definition) is 2. The topological polar surface area (TPSA) is 35.2 Å². The maximum Gasteiger partial charge on any atom is 0.416 e. The van der Waals surface area contributed by atoms with Crippen molar-refractivity contribution in [2.75, 3.05) is 5.73 Å². The molecule has 0 bridgehead atoms. The van der Waals surface area contributed by atoms with Crippen molar-refractivity contribution >= 4 is 5.69 Å². The highest BCUT2D eigenvalue weighted by Gasteiger charge is 2.31. The maximum absolute atomic E-state index is 12.5. The van der Waals surface area contributed by atoms with E-state index < -0.39 is 23.5 Å². The zero-order chi connectivity index (χ0) is 16.5. The molecule has 0 aliphatic heterocycles. The highest BCUT2D eigenvalue weighted by molar-refractivity contribution is 5.56.